The maximum absolute atomic E-state index is 12.5. The van der Waals surface area contributed by atoms with Crippen LogP contribution in [0.3, 0.4) is 0 Å². The predicted molar refractivity (Wildman–Crippen MR) is 113 cm³/mol. The number of hydrogen-bond acceptors (Lipinski definition) is 8. The fourth-order valence-corrected chi connectivity index (χ4v) is 4.39. The highest BCUT2D eigenvalue weighted by Gasteiger charge is 2.34. The Hall–Kier alpha value is -1.98. The lowest BCUT2D eigenvalue weighted by Crippen LogP contribution is -2.37. The molecule has 1 saturated heterocycles. The Morgan fingerprint density at radius 1 is 1.38 bits per heavy atom. The quantitative estimate of drug-likeness (QED) is 0.218. The van der Waals surface area contributed by atoms with Gasteiger partial charge >= 0.3 is 6.09 Å². The van der Waals surface area contributed by atoms with Gasteiger partial charge < -0.3 is 20.1 Å². The number of nitro groups is 1. The van der Waals surface area contributed by atoms with Gasteiger partial charge in [-0.1, -0.05) is 0 Å². The van der Waals surface area contributed by atoms with E-state index >= 15 is 0 Å². The summed E-state index contributed by atoms with van der Waals surface area (Å²) < 4.78 is 5.37. The second-order valence-electron chi connectivity index (χ2n) is 6.57. The number of nitro benzene ring substituents is 1. The monoisotopic (exact) mass is 443 g/mol. The van der Waals surface area contributed by atoms with Crippen LogP contribution in [0, 0.1) is 10.1 Å². The van der Waals surface area contributed by atoms with Gasteiger partial charge in [0.25, 0.3) is 5.69 Å². The number of rotatable bonds is 10. The van der Waals surface area contributed by atoms with E-state index in [2.05, 4.69) is 17.9 Å². The number of hydrogen-bond donors (Lipinski definition) is 3. The van der Waals surface area contributed by atoms with Crippen molar-refractivity contribution in [2.45, 2.75) is 30.7 Å². The topological polar surface area (TPSA) is 122 Å². The van der Waals surface area contributed by atoms with E-state index in [-0.39, 0.29) is 42.6 Å². The van der Waals surface area contributed by atoms with Gasteiger partial charge in [0.05, 0.1) is 11.5 Å². The zero-order valence-electron chi connectivity index (χ0n) is 15.9. The first-order valence-corrected chi connectivity index (χ1v) is 10.9. The number of nitrogens with zero attached hydrogens (tertiary/aromatic N) is 2. The molecule has 0 saturated carbocycles. The Bertz CT molecular complexity index is 703. The second-order valence-corrected chi connectivity index (χ2v) is 8.45. The number of ether oxygens (including phenoxy) is 1. The van der Waals surface area contributed by atoms with E-state index < -0.39 is 11.0 Å². The number of amides is 2. The molecule has 1 aliphatic heterocycles. The van der Waals surface area contributed by atoms with Gasteiger partial charge in [-0.3, -0.25) is 14.9 Å². The highest BCUT2D eigenvalue weighted by molar-refractivity contribution is 7.99. The molecular weight excluding hydrogens is 418 g/mol. The summed E-state index contributed by atoms with van der Waals surface area (Å²) in [5.41, 5.74) is 0.657. The highest BCUT2D eigenvalue weighted by Crippen LogP contribution is 2.26. The van der Waals surface area contributed by atoms with Gasteiger partial charge in [-0.2, -0.15) is 24.4 Å². The summed E-state index contributed by atoms with van der Waals surface area (Å²) in [7, 11) is 0. The van der Waals surface area contributed by atoms with Crippen LogP contribution in [-0.4, -0.2) is 69.4 Å². The number of carbonyl (C=O) groups is 2. The van der Waals surface area contributed by atoms with E-state index in [1.54, 1.807) is 28.8 Å². The molecule has 2 atom stereocenters. The summed E-state index contributed by atoms with van der Waals surface area (Å²) in [6.07, 6.45) is 0.664. The number of carbonyl (C=O) groups excluding carboxylic acids is 2. The number of aliphatic hydroxyl groups is 1. The maximum atomic E-state index is 12.5. The molecule has 0 aromatic heterocycles. The third-order valence-corrected chi connectivity index (χ3v) is 5.84. The molecular formula is C18H25N3O6S2. The van der Waals surface area contributed by atoms with Gasteiger partial charge in [0.15, 0.2) is 0 Å². The summed E-state index contributed by atoms with van der Waals surface area (Å²) in [6.45, 7) is 0.697. The molecule has 0 bridgehead atoms. The summed E-state index contributed by atoms with van der Waals surface area (Å²) in [4.78, 5) is 35.9. The lowest BCUT2D eigenvalue weighted by atomic mass is 10.2. The summed E-state index contributed by atoms with van der Waals surface area (Å²) in [5, 5.41) is 22.0. The van der Waals surface area contributed by atoms with E-state index in [1.165, 1.54) is 12.1 Å². The first kappa shape index (κ1) is 23.3. The molecule has 0 radical (unpaired) electrons. The lowest BCUT2D eigenvalue weighted by Gasteiger charge is -2.23. The molecule has 9 nitrogen and oxygen atoms in total. The molecule has 1 aromatic carbocycles. The van der Waals surface area contributed by atoms with Crippen molar-refractivity contribution in [3.8, 4) is 0 Å². The highest BCUT2D eigenvalue weighted by atomic mass is 32.2. The number of non-ortho nitro benzene ring substituents is 1. The normalized spacial score (nSPS) is 18.5. The van der Waals surface area contributed by atoms with Gasteiger partial charge in [0, 0.05) is 54.4 Å². The van der Waals surface area contributed by atoms with Crippen molar-refractivity contribution in [1.29, 1.82) is 0 Å². The van der Waals surface area contributed by atoms with Crippen LogP contribution in [0.2, 0.25) is 0 Å². The maximum Gasteiger partial charge on any atom is 0.410 e. The average Bonchev–Trinajstić information content (AvgIpc) is 3.08. The van der Waals surface area contributed by atoms with Crippen LogP contribution in [-0.2, 0) is 16.1 Å². The van der Waals surface area contributed by atoms with Crippen LogP contribution in [0.4, 0.5) is 10.5 Å². The molecule has 2 rings (SSSR count). The Labute approximate surface area is 178 Å². The molecule has 1 aromatic rings. The van der Waals surface area contributed by atoms with Crippen LogP contribution < -0.4 is 5.32 Å². The van der Waals surface area contributed by atoms with Crippen molar-refractivity contribution in [1.82, 2.24) is 10.2 Å². The van der Waals surface area contributed by atoms with Gasteiger partial charge in [-0.05, 0) is 24.1 Å². The average molecular weight is 444 g/mol. The fourth-order valence-electron chi connectivity index (χ4n) is 2.88. The predicted octanol–water partition coefficient (Wildman–Crippen LogP) is 1.84. The number of thiol groups is 1. The van der Waals surface area contributed by atoms with Crippen LogP contribution in [0.15, 0.2) is 24.3 Å². The Balaban J connectivity index is 1.77. The van der Waals surface area contributed by atoms with Gasteiger partial charge in [-0.25, -0.2) is 4.79 Å². The molecule has 29 heavy (non-hydrogen) atoms. The molecule has 11 heteroatoms. The van der Waals surface area contributed by atoms with E-state index in [0.717, 1.165) is 6.42 Å². The second kappa shape index (κ2) is 11.9. The molecule has 2 N–H and O–H groups in total. The molecule has 0 spiro atoms. The molecule has 160 valence electrons. The van der Waals surface area contributed by atoms with Crippen LogP contribution in [0.1, 0.15) is 18.4 Å². The smallest absolute Gasteiger partial charge is 0.410 e. The largest absolute Gasteiger partial charge is 0.445 e. The van der Waals surface area contributed by atoms with Crippen LogP contribution in [0.5, 0.6) is 0 Å². The first-order chi connectivity index (χ1) is 13.9. The van der Waals surface area contributed by atoms with E-state index in [9.17, 15) is 19.7 Å². The Morgan fingerprint density at radius 3 is 2.76 bits per heavy atom. The van der Waals surface area contributed by atoms with E-state index in [1.807, 2.05) is 0 Å². The minimum absolute atomic E-state index is 0.0142. The summed E-state index contributed by atoms with van der Waals surface area (Å²) in [5.74, 6) is 1.19. The molecule has 2 unspecified atom stereocenters. The molecule has 2 amide bonds. The van der Waals surface area contributed by atoms with Crippen molar-refractivity contribution in [2.24, 2.45) is 0 Å². The molecule has 0 aliphatic carbocycles. The van der Waals surface area contributed by atoms with Crippen LogP contribution in [0.25, 0.3) is 0 Å². The molecule has 1 heterocycles. The summed E-state index contributed by atoms with van der Waals surface area (Å²) >= 11 is 6.06. The zero-order valence-corrected chi connectivity index (χ0v) is 17.6. The molecule has 1 aliphatic rings. The first-order valence-electron chi connectivity index (χ1n) is 9.20. The SMILES string of the molecule is O=C(CCSCC1CC(S)CN1C(=O)OCc1ccc([N+](=O)[O-])cc1)NCCO. The molecule has 1 fully saturated rings. The van der Waals surface area contributed by atoms with Crippen LogP contribution >= 0.6 is 24.4 Å². The van der Waals surface area contributed by atoms with Crippen molar-refractivity contribution in [3.05, 3.63) is 39.9 Å². The van der Waals surface area contributed by atoms with Crippen molar-refractivity contribution in [3.63, 3.8) is 0 Å². The van der Waals surface area contributed by atoms with Crippen molar-refractivity contribution >= 4 is 42.1 Å². The lowest BCUT2D eigenvalue weighted by molar-refractivity contribution is -0.384. The van der Waals surface area contributed by atoms with Gasteiger partial charge in [-0.15, -0.1) is 0 Å². The standard InChI is InChI=1S/C18H25N3O6S2/c22-7-6-19-17(23)5-8-29-12-15-9-16(28)10-20(15)18(24)27-11-13-1-3-14(4-2-13)21(25)26/h1-4,15-16,22,28H,5-12H2,(H,19,23). The third-order valence-electron chi connectivity index (χ3n) is 4.35. The minimum Gasteiger partial charge on any atom is -0.445 e. The van der Waals surface area contributed by atoms with E-state index in [0.29, 0.717) is 30.0 Å². The fraction of sp³-hybridized carbons (Fsp3) is 0.556. The van der Waals surface area contributed by atoms with Crippen molar-refractivity contribution in [2.75, 3.05) is 31.2 Å². The third kappa shape index (κ3) is 7.75. The van der Waals surface area contributed by atoms with Gasteiger partial charge in [0.1, 0.15) is 6.61 Å². The van der Waals surface area contributed by atoms with Crippen molar-refractivity contribution < 1.29 is 24.4 Å². The van der Waals surface area contributed by atoms with Gasteiger partial charge in [0.2, 0.25) is 5.91 Å². The zero-order chi connectivity index (χ0) is 21.2. The number of likely N-dealkylation sites (tertiary alicyclic amines) is 1. The number of benzene rings is 1. The summed E-state index contributed by atoms with van der Waals surface area (Å²) in [6, 6.07) is 5.85. The number of nitrogens with one attached hydrogen (secondary N) is 1. The number of aliphatic hydroxyl groups excluding tert-OH is 1. The minimum atomic E-state index is -0.481. The Kier molecular flexibility index (Phi) is 9.55. The van der Waals surface area contributed by atoms with E-state index in [4.69, 9.17) is 9.84 Å². The number of thioether (sulfide) groups is 1. The Morgan fingerprint density at radius 2 is 2.10 bits per heavy atom.